The number of aromatic nitrogens is 1. The van der Waals surface area contributed by atoms with E-state index in [9.17, 15) is 9.59 Å². The molecule has 1 N–H and O–H groups in total. The van der Waals surface area contributed by atoms with E-state index in [1.807, 2.05) is 30.3 Å². The lowest BCUT2D eigenvalue weighted by Gasteiger charge is -2.20. The molecule has 3 rings (SSSR count). The van der Waals surface area contributed by atoms with Gasteiger partial charge in [-0.1, -0.05) is 53.4 Å². The molecule has 18 heavy (non-hydrogen) atoms. The number of aromatic amines is 1. The molecule has 0 radical (unpaired) electrons. The monoisotopic (exact) mass is 275 g/mol. The van der Waals surface area contributed by atoms with Gasteiger partial charge in [0.05, 0.1) is 15.2 Å². The van der Waals surface area contributed by atoms with Crippen LogP contribution in [-0.4, -0.2) is 11.3 Å². The Kier molecular flexibility index (Phi) is 2.93. The predicted molar refractivity (Wildman–Crippen MR) is 74.0 cm³/mol. The zero-order valence-electron chi connectivity index (χ0n) is 9.25. The van der Waals surface area contributed by atoms with Crippen LogP contribution in [0.4, 0.5) is 0 Å². The number of aldehydes is 1. The lowest BCUT2D eigenvalue weighted by atomic mass is 10.0. The van der Waals surface area contributed by atoms with Gasteiger partial charge in [0.1, 0.15) is 6.29 Å². The van der Waals surface area contributed by atoms with E-state index in [0.717, 1.165) is 33.1 Å². The summed E-state index contributed by atoms with van der Waals surface area (Å²) in [7, 11) is 0. The van der Waals surface area contributed by atoms with E-state index in [1.165, 1.54) is 11.8 Å². The minimum absolute atomic E-state index is 0.0403. The van der Waals surface area contributed by atoms with Crippen molar-refractivity contribution >= 4 is 35.5 Å². The molecule has 1 aromatic carbocycles. The van der Waals surface area contributed by atoms with Crippen LogP contribution in [0.5, 0.6) is 0 Å². The maximum absolute atomic E-state index is 11.3. The Morgan fingerprint density at radius 2 is 2.00 bits per heavy atom. The Labute approximate surface area is 112 Å². The smallest absolute Gasteiger partial charge is 0.305 e. The van der Waals surface area contributed by atoms with E-state index in [1.54, 1.807) is 6.08 Å². The van der Waals surface area contributed by atoms with Crippen LogP contribution in [0.1, 0.15) is 15.7 Å². The second kappa shape index (κ2) is 4.59. The molecule has 0 spiro atoms. The van der Waals surface area contributed by atoms with Gasteiger partial charge < -0.3 is 4.98 Å². The Morgan fingerprint density at radius 3 is 2.72 bits per heavy atom. The fourth-order valence-electron chi connectivity index (χ4n) is 1.91. The van der Waals surface area contributed by atoms with E-state index < -0.39 is 0 Å². The van der Waals surface area contributed by atoms with Crippen LogP contribution < -0.4 is 4.87 Å². The highest BCUT2D eigenvalue weighted by atomic mass is 32.2. The molecule has 1 unspecified atom stereocenters. The Hall–Kier alpha value is -1.59. The zero-order chi connectivity index (χ0) is 12.5. The van der Waals surface area contributed by atoms with Gasteiger partial charge in [-0.2, -0.15) is 0 Å². The molecule has 0 saturated carbocycles. The van der Waals surface area contributed by atoms with Crippen LogP contribution in [0.25, 0.3) is 6.08 Å². The van der Waals surface area contributed by atoms with Crippen molar-refractivity contribution in [2.24, 2.45) is 0 Å². The Morgan fingerprint density at radius 1 is 1.22 bits per heavy atom. The number of rotatable bonds is 2. The van der Waals surface area contributed by atoms with Crippen molar-refractivity contribution in [2.75, 3.05) is 0 Å². The van der Waals surface area contributed by atoms with Crippen molar-refractivity contribution in [1.82, 2.24) is 4.98 Å². The van der Waals surface area contributed by atoms with Crippen molar-refractivity contribution in [3.63, 3.8) is 0 Å². The maximum Gasteiger partial charge on any atom is 0.305 e. The van der Waals surface area contributed by atoms with Crippen molar-refractivity contribution in [2.45, 2.75) is 10.3 Å². The number of thiazole rings is 1. The van der Waals surface area contributed by atoms with Crippen LogP contribution in [0.3, 0.4) is 0 Å². The van der Waals surface area contributed by atoms with Crippen LogP contribution in [-0.2, 0) is 4.79 Å². The summed E-state index contributed by atoms with van der Waals surface area (Å²) in [6, 6.07) is 9.82. The molecular weight excluding hydrogens is 266 g/mol. The number of H-pyrrole nitrogens is 1. The summed E-state index contributed by atoms with van der Waals surface area (Å²) < 4.78 is 0. The minimum Gasteiger partial charge on any atom is -0.307 e. The molecule has 5 heteroatoms. The van der Waals surface area contributed by atoms with Gasteiger partial charge in [0, 0.05) is 5.57 Å². The summed E-state index contributed by atoms with van der Waals surface area (Å²) in [4.78, 5) is 26.1. The number of carbonyl (C=O) groups is 1. The Bertz CT molecular complexity index is 670. The molecule has 1 aromatic heterocycles. The first-order valence-electron chi connectivity index (χ1n) is 5.39. The molecule has 1 aliphatic rings. The molecular formula is C13H9NO2S2. The van der Waals surface area contributed by atoms with E-state index in [0.29, 0.717) is 5.57 Å². The average molecular weight is 275 g/mol. The fraction of sp³-hybridized carbons (Fsp3) is 0.0769. The molecule has 0 fully saturated rings. The van der Waals surface area contributed by atoms with Gasteiger partial charge in [-0.3, -0.25) is 9.59 Å². The van der Waals surface area contributed by atoms with Gasteiger partial charge in [0.25, 0.3) is 0 Å². The second-order valence-corrected chi connectivity index (χ2v) is 6.01. The number of hydrogen-bond acceptors (Lipinski definition) is 4. The lowest BCUT2D eigenvalue weighted by Crippen LogP contribution is -2.04. The summed E-state index contributed by atoms with van der Waals surface area (Å²) in [5.74, 6) is 0. The largest absolute Gasteiger partial charge is 0.307 e. The standard InChI is InChI=1S/C13H9NO2S2/c15-7-9-6-10-12(14-13(16)17-10)18-11(9)8-4-2-1-3-5-8/h1-7,11H,(H,14,16). The maximum atomic E-state index is 11.3. The van der Waals surface area contributed by atoms with Crippen molar-refractivity contribution < 1.29 is 4.79 Å². The number of hydrogen-bond donors (Lipinski definition) is 1. The quantitative estimate of drug-likeness (QED) is 0.857. The first-order chi connectivity index (χ1) is 8.78. The van der Waals surface area contributed by atoms with E-state index in [4.69, 9.17) is 0 Å². The van der Waals surface area contributed by atoms with Gasteiger partial charge in [-0.15, -0.1) is 0 Å². The molecule has 0 amide bonds. The fourth-order valence-corrected chi connectivity index (χ4v) is 4.05. The number of nitrogens with one attached hydrogen (secondary N) is 1. The number of carbonyl (C=O) groups excluding carboxylic acids is 1. The highest BCUT2D eigenvalue weighted by Gasteiger charge is 2.25. The van der Waals surface area contributed by atoms with Crippen LogP contribution in [0, 0.1) is 0 Å². The molecule has 0 aliphatic carbocycles. The van der Waals surface area contributed by atoms with Gasteiger partial charge in [0.2, 0.25) is 0 Å². The summed E-state index contributed by atoms with van der Waals surface area (Å²) >= 11 is 2.66. The summed E-state index contributed by atoms with van der Waals surface area (Å²) in [6.07, 6.45) is 2.68. The molecule has 1 atom stereocenters. The third-order valence-corrected chi connectivity index (χ3v) is 5.01. The number of benzene rings is 1. The van der Waals surface area contributed by atoms with Crippen LogP contribution >= 0.6 is 23.1 Å². The number of fused-ring (bicyclic) bond motifs is 1. The summed E-state index contributed by atoms with van der Waals surface area (Å²) in [6.45, 7) is 0. The molecule has 0 saturated heterocycles. The lowest BCUT2D eigenvalue weighted by molar-refractivity contribution is -0.104. The molecule has 3 nitrogen and oxygen atoms in total. The van der Waals surface area contributed by atoms with Gasteiger partial charge in [-0.05, 0) is 11.6 Å². The topological polar surface area (TPSA) is 49.9 Å². The molecule has 2 aromatic rings. The van der Waals surface area contributed by atoms with Crippen molar-refractivity contribution in [3.05, 3.63) is 56.0 Å². The first kappa shape index (κ1) is 11.5. The summed E-state index contributed by atoms with van der Waals surface area (Å²) in [5.41, 5.74) is 1.77. The van der Waals surface area contributed by atoms with Gasteiger partial charge >= 0.3 is 4.87 Å². The summed E-state index contributed by atoms with van der Waals surface area (Å²) in [5, 5.41) is 0.811. The molecule has 0 bridgehead atoms. The average Bonchev–Trinajstić information content (AvgIpc) is 2.77. The van der Waals surface area contributed by atoms with E-state index in [2.05, 4.69) is 4.98 Å². The normalized spacial score (nSPS) is 18.0. The molecule has 1 aliphatic heterocycles. The Balaban J connectivity index is 2.08. The number of thioether (sulfide) groups is 1. The van der Waals surface area contributed by atoms with Gasteiger partial charge in [0.15, 0.2) is 0 Å². The second-order valence-electron chi connectivity index (χ2n) is 3.88. The predicted octanol–water partition coefficient (Wildman–Crippen LogP) is 2.87. The first-order valence-corrected chi connectivity index (χ1v) is 7.09. The zero-order valence-corrected chi connectivity index (χ0v) is 10.9. The third-order valence-electron chi connectivity index (χ3n) is 2.72. The van der Waals surface area contributed by atoms with E-state index in [-0.39, 0.29) is 10.1 Å². The van der Waals surface area contributed by atoms with Crippen molar-refractivity contribution in [3.8, 4) is 0 Å². The highest BCUT2D eigenvalue weighted by molar-refractivity contribution is 8.00. The SMILES string of the molecule is O=CC1=Cc2sc(=O)[nH]c2SC1c1ccccc1. The molecule has 90 valence electrons. The van der Waals surface area contributed by atoms with Gasteiger partial charge in [-0.25, -0.2) is 0 Å². The minimum atomic E-state index is -0.0808. The van der Waals surface area contributed by atoms with E-state index >= 15 is 0 Å². The van der Waals surface area contributed by atoms with Crippen molar-refractivity contribution in [1.29, 1.82) is 0 Å². The third kappa shape index (κ3) is 1.95. The van der Waals surface area contributed by atoms with Crippen LogP contribution in [0.2, 0.25) is 0 Å². The molecule has 2 heterocycles. The van der Waals surface area contributed by atoms with Crippen LogP contribution in [0.15, 0.2) is 45.7 Å². The highest BCUT2D eigenvalue weighted by Crippen LogP contribution is 2.45.